The first kappa shape index (κ1) is 13.7. The number of ether oxygens (including phenoxy) is 1. The molecule has 104 valence electrons. The molecule has 0 bridgehead atoms. The number of rotatable bonds is 2. The van der Waals surface area contributed by atoms with E-state index < -0.39 is 5.60 Å². The topological polar surface area (TPSA) is 49.8 Å². The SMILES string of the molecule is CC(C)(C)OC(=O)N1CCCC1C1(CO)CCC1. The van der Waals surface area contributed by atoms with Crippen LogP contribution < -0.4 is 0 Å². The first-order valence-corrected chi connectivity index (χ1v) is 6.98. The molecule has 1 unspecified atom stereocenters. The lowest BCUT2D eigenvalue weighted by Gasteiger charge is -2.48. The van der Waals surface area contributed by atoms with Crippen LogP contribution in [0, 0.1) is 5.41 Å². The van der Waals surface area contributed by atoms with Crippen molar-refractivity contribution >= 4 is 6.09 Å². The molecule has 1 aliphatic carbocycles. The predicted octanol–water partition coefficient (Wildman–Crippen LogP) is 2.55. The molecule has 2 aliphatic rings. The zero-order valence-electron chi connectivity index (χ0n) is 11.7. The largest absolute Gasteiger partial charge is 0.444 e. The van der Waals surface area contributed by atoms with E-state index in [0.29, 0.717) is 0 Å². The van der Waals surface area contributed by atoms with Gasteiger partial charge >= 0.3 is 6.09 Å². The molecule has 1 aliphatic heterocycles. The van der Waals surface area contributed by atoms with Gasteiger partial charge in [0.1, 0.15) is 5.60 Å². The molecule has 1 saturated heterocycles. The first-order chi connectivity index (χ1) is 8.38. The van der Waals surface area contributed by atoms with Gasteiger partial charge in [0.15, 0.2) is 0 Å². The Hall–Kier alpha value is -0.770. The summed E-state index contributed by atoms with van der Waals surface area (Å²) in [6, 6.07) is 0.172. The van der Waals surface area contributed by atoms with Gasteiger partial charge < -0.3 is 14.7 Å². The molecular formula is C14H25NO3. The Kier molecular flexibility index (Phi) is 3.58. The fourth-order valence-electron chi connectivity index (χ4n) is 3.17. The van der Waals surface area contributed by atoms with Crippen LogP contribution in [0.4, 0.5) is 4.79 Å². The Morgan fingerprint density at radius 2 is 2.06 bits per heavy atom. The third-order valence-electron chi connectivity index (χ3n) is 4.25. The van der Waals surface area contributed by atoms with E-state index in [0.717, 1.165) is 32.2 Å². The van der Waals surface area contributed by atoms with Crippen molar-refractivity contribution in [1.29, 1.82) is 0 Å². The average Bonchev–Trinajstić information content (AvgIpc) is 2.63. The lowest BCUT2D eigenvalue weighted by Crippen LogP contribution is -2.53. The molecule has 4 nitrogen and oxygen atoms in total. The Morgan fingerprint density at radius 1 is 1.39 bits per heavy atom. The van der Waals surface area contributed by atoms with E-state index in [1.165, 1.54) is 6.42 Å². The van der Waals surface area contributed by atoms with Gasteiger partial charge in [-0.25, -0.2) is 4.79 Å². The number of hydrogen-bond acceptors (Lipinski definition) is 3. The summed E-state index contributed by atoms with van der Waals surface area (Å²) in [6.07, 6.45) is 5.04. The molecule has 4 heteroatoms. The fraction of sp³-hybridized carbons (Fsp3) is 0.929. The van der Waals surface area contributed by atoms with Crippen LogP contribution in [0.25, 0.3) is 0 Å². The first-order valence-electron chi connectivity index (χ1n) is 6.98. The van der Waals surface area contributed by atoms with Crippen LogP contribution in [0.5, 0.6) is 0 Å². The zero-order valence-corrected chi connectivity index (χ0v) is 11.7. The summed E-state index contributed by atoms with van der Waals surface area (Å²) in [5, 5.41) is 9.65. The minimum Gasteiger partial charge on any atom is -0.444 e. The minimum atomic E-state index is -0.448. The maximum absolute atomic E-state index is 12.2. The molecule has 0 aromatic carbocycles. The Labute approximate surface area is 109 Å². The van der Waals surface area contributed by atoms with E-state index in [-0.39, 0.29) is 24.2 Å². The van der Waals surface area contributed by atoms with Gasteiger partial charge in [-0.1, -0.05) is 6.42 Å². The second-order valence-electron chi connectivity index (χ2n) is 6.71. The highest BCUT2D eigenvalue weighted by Gasteiger charge is 2.49. The van der Waals surface area contributed by atoms with Gasteiger partial charge in [0.05, 0.1) is 6.61 Å². The molecule has 1 amide bonds. The van der Waals surface area contributed by atoms with Gasteiger partial charge in [0.25, 0.3) is 0 Å². The van der Waals surface area contributed by atoms with Crippen LogP contribution in [-0.2, 0) is 4.74 Å². The van der Waals surface area contributed by atoms with Crippen molar-refractivity contribution in [2.24, 2.45) is 5.41 Å². The Bertz CT molecular complexity index is 312. The summed E-state index contributed by atoms with van der Waals surface area (Å²) in [7, 11) is 0. The summed E-state index contributed by atoms with van der Waals surface area (Å²) in [4.78, 5) is 14.0. The second-order valence-corrected chi connectivity index (χ2v) is 6.71. The molecule has 0 radical (unpaired) electrons. The van der Waals surface area contributed by atoms with Crippen molar-refractivity contribution in [2.45, 2.75) is 64.5 Å². The number of amides is 1. The van der Waals surface area contributed by atoms with Crippen molar-refractivity contribution in [3.63, 3.8) is 0 Å². The third kappa shape index (κ3) is 2.48. The lowest BCUT2D eigenvalue weighted by atomic mass is 9.64. The standard InChI is InChI=1S/C14H25NO3/c1-13(2,3)18-12(17)15-9-4-6-11(15)14(10-16)7-5-8-14/h11,16H,4-10H2,1-3H3. The predicted molar refractivity (Wildman–Crippen MR) is 69.3 cm³/mol. The molecule has 1 heterocycles. The van der Waals surface area contributed by atoms with Crippen LogP contribution in [0.3, 0.4) is 0 Å². The van der Waals surface area contributed by atoms with Crippen LogP contribution in [0.2, 0.25) is 0 Å². The molecule has 18 heavy (non-hydrogen) atoms. The van der Waals surface area contributed by atoms with E-state index in [4.69, 9.17) is 4.74 Å². The average molecular weight is 255 g/mol. The van der Waals surface area contributed by atoms with Crippen molar-refractivity contribution in [1.82, 2.24) is 4.90 Å². The molecule has 2 fully saturated rings. The highest BCUT2D eigenvalue weighted by Crippen LogP contribution is 2.48. The van der Waals surface area contributed by atoms with Gasteiger partial charge in [0, 0.05) is 18.0 Å². The molecule has 0 spiro atoms. The molecule has 1 N–H and O–H groups in total. The zero-order chi connectivity index (χ0) is 13.4. The van der Waals surface area contributed by atoms with Crippen LogP contribution in [-0.4, -0.2) is 40.9 Å². The van der Waals surface area contributed by atoms with E-state index in [2.05, 4.69) is 0 Å². The normalized spacial score (nSPS) is 26.9. The number of aliphatic hydroxyl groups excluding tert-OH is 1. The van der Waals surface area contributed by atoms with Crippen LogP contribution in [0.15, 0.2) is 0 Å². The molecule has 0 aromatic rings. The van der Waals surface area contributed by atoms with E-state index in [1.54, 1.807) is 0 Å². The smallest absolute Gasteiger partial charge is 0.410 e. The quantitative estimate of drug-likeness (QED) is 0.825. The highest BCUT2D eigenvalue weighted by atomic mass is 16.6. The molecule has 1 atom stereocenters. The van der Waals surface area contributed by atoms with Crippen molar-refractivity contribution in [3.8, 4) is 0 Å². The molecule has 2 rings (SSSR count). The number of likely N-dealkylation sites (tertiary alicyclic amines) is 1. The molecule has 0 aromatic heterocycles. The second kappa shape index (κ2) is 4.72. The number of nitrogens with zero attached hydrogens (tertiary/aromatic N) is 1. The van der Waals surface area contributed by atoms with Gasteiger partial charge in [-0.2, -0.15) is 0 Å². The Morgan fingerprint density at radius 3 is 2.50 bits per heavy atom. The van der Waals surface area contributed by atoms with Gasteiger partial charge in [-0.05, 0) is 46.5 Å². The van der Waals surface area contributed by atoms with Crippen LogP contribution >= 0.6 is 0 Å². The van der Waals surface area contributed by atoms with E-state index in [1.807, 2.05) is 25.7 Å². The maximum Gasteiger partial charge on any atom is 0.410 e. The van der Waals surface area contributed by atoms with Crippen molar-refractivity contribution < 1.29 is 14.6 Å². The van der Waals surface area contributed by atoms with Gasteiger partial charge in [-0.15, -0.1) is 0 Å². The monoisotopic (exact) mass is 255 g/mol. The van der Waals surface area contributed by atoms with Crippen molar-refractivity contribution in [2.75, 3.05) is 13.2 Å². The summed E-state index contributed by atoms with van der Waals surface area (Å²) >= 11 is 0. The van der Waals surface area contributed by atoms with E-state index in [9.17, 15) is 9.90 Å². The van der Waals surface area contributed by atoms with Gasteiger partial charge in [-0.3, -0.25) is 0 Å². The molecular weight excluding hydrogens is 230 g/mol. The van der Waals surface area contributed by atoms with Crippen LogP contribution in [0.1, 0.15) is 52.9 Å². The number of aliphatic hydroxyl groups is 1. The van der Waals surface area contributed by atoms with E-state index >= 15 is 0 Å². The van der Waals surface area contributed by atoms with Gasteiger partial charge in [0.2, 0.25) is 0 Å². The summed E-state index contributed by atoms with van der Waals surface area (Å²) in [5.41, 5.74) is -0.496. The molecule has 1 saturated carbocycles. The fourth-order valence-corrected chi connectivity index (χ4v) is 3.17. The number of carbonyl (C=O) groups is 1. The van der Waals surface area contributed by atoms with Crippen molar-refractivity contribution in [3.05, 3.63) is 0 Å². The maximum atomic E-state index is 12.2. The third-order valence-corrected chi connectivity index (χ3v) is 4.25. The highest BCUT2D eigenvalue weighted by molar-refractivity contribution is 5.69. The summed E-state index contributed by atoms with van der Waals surface area (Å²) in [6.45, 7) is 6.63. The number of carbonyl (C=O) groups excluding carboxylic acids is 1. The summed E-state index contributed by atoms with van der Waals surface area (Å²) in [5.74, 6) is 0. The summed E-state index contributed by atoms with van der Waals surface area (Å²) < 4.78 is 5.47. The Balaban J connectivity index is 2.05. The number of hydrogen-bond donors (Lipinski definition) is 1. The lowest BCUT2D eigenvalue weighted by molar-refractivity contribution is -0.0404. The minimum absolute atomic E-state index is 0.0482.